The van der Waals surface area contributed by atoms with Gasteiger partial charge in [0.15, 0.2) is 5.69 Å². The molecule has 1 saturated heterocycles. The van der Waals surface area contributed by atoms with Gasteiger partial charge >= 0.3 is 5.97 Å². The average molecular weight is 350 g/mol. The summed E-state index contributed by atoms with van der Waals surface area (Å²) in [5.74, 6) is -4.17. The number of aromatic nitrogens is 1. The Hall–Kier alpha value is -2.77. The number of carbonyl (C=O) groups excluding carboxylic acids is 1. The molecule has 2 atom stereocenters. The number of hydrogen-bond acceptors (Lipinski definition) is 4. The van der Waals surface area contributed by atoms with E-state index in [1.807, 2.05) is 0 Å². The van der Waals surface area contributed by atoms with Crippen molar-refractivity contribution in [3.63, 3.8) is 0 Å². The summed E-state index contributed by atoms with van der Waals surface area (Å²) in [4.78, 5) is 29.2. The van der Waals surface area contributed by atoms with E-state index in [1.54, 1.807) is 6.92 Å². The van der Waals surface area contributed by atoms with Crippen LogP contribution in [0.15, 0.2) is 28.9 Å². The summed E-state index contributed by atoms with van der Waals surface area (Å²) in [5.41, 5.74) is -0.563. The second-order valence-electron chi connectivity index (χ2n) is 5.96. The molecule has 0 saturated carbocycles. The van der Waals surface area contributed by atoms with Gasteiger partial charge in [-0.05, 0) is 31.9 Å². The van der Waals surface area contributed by atoms with Crippen molar-refractivity contribution in [3.8, 4) is 11.5 Å². The summed E-state index contributed by atoms with van der Waals surface area (Å²) in [6.07, 6.45) is 2.07. The summed E-state index contributed by atoms with van der Waals surface area (Å²) in [6, 6.07) is 2.83. The highest BCUT2D eigenvalue weighted by molar-refractivity contribution is 5.93. The highest BCUT2D eigenvalue weighted by Crippen LogP contribution is 2.28. The second kappa shape index (κ2) is 6.62. The number of carboxylic acids is 1. The number of nitrogens with zero attached hydrogens (tertiary/aromatic N) is 2. The van der Waals surface area contributed by atoms with E-state index in [-0.39, 0.29) is 11.6 Å². The second-order valence-corrected chi connectivity index (χ2v) is 5.96. The van der Waals surface area contributed by atoms with Crippen molar-refractivity contribution in [1.82, 2.24) is 9.88 Å². The Bertz CT molecular complexity index is 800. The molecule has 1 aromatic heterocycles. The van der Waals surface area contributed by atoms with Gasteiger partial charge in [-0.3, -0.25) is 9.59 Å². The zero-order valence-electron chi connectivity index (χ0n) is 13.4. The molecular formula is C17H16F2N2O4. The third-order valence-electron chi connectivity index (χ3n) is 4.47. The predicted octanol–water partition coefficient (Wildman–Crippen LogP) is 2.95. The van der Waals surface area contributed by atoms with Gasteiger partial charge in [-0.1, -0.05) is 6.07 Å². The van der Waals surface area contributed by atoms with Crippen LogP contribution in [0.2, 0.25) is 0 Å². The van der Waals surface area contributed by atoms with Gasteiger partial charge in [0.2, 0.25) is 5.89 Å². The SMILES string of the molecule is C[C@@H]1[C@H](C(=O)O)CCCN1C(=O)c1coc(-c2c(F)cccc2F)n1. The van der Waals surface area contributed by atoms with Crippen LogP contribution in [0.1, 0.15) is 30.3 Å². The molecule has 132 valence electrons. The van der Waals surface area contributed by atoms with Crippen LogP contribution in [-0.4, -0.2) is 39.5 Å². The number of carboxylic acid groups (broad SMARTS) is 1. The summed E-state index contributed by atoms with van der Waals surface area (Å²) >= 11 is 0. The van der Waals surface area contributed by atoms with E-state index in [2.05, 4.69) is 4.98 Å². The predicted molar refractivity (Wildman–Crippen MR) is 82.7 cm³/mol. The summed E-state index contributed by atoms with van der Waals surface area (Å²) in [5, 5.41) is 9.24. The van der Waals surface area contributed by atoms with Crippen molar-refractivity contribution in [3.05, 3.63) is 41.8 Å². The van der Waals surface area contributed by atoms with Gasteiger partial charge in [0.1, 0.15) is 23.5 Å². The topological polar surface area (TPSA) is 83.6 Å². The van der Waals surface area contributed by atoms with E-state index < -0.39 is 41.0 Å². The first-order chi connectivity index (χ1) is 11.9. The highest BCUT2D eigenvalue weighted by atomic mass is 19.1. The standard InChI is InChI=1S/C17H16F2N2O4/c1-9-10(17(23)24)4-3-7-21(9)16(22)13-8-25-15(20-13)14-11(18)5-2-6-12(14)19/h2,5-6,8-10H,3-4,7H2,1H3,(H,23,24)/t9-,10-/m1/s1. The number of benzene rings is 1. The number of piperidine rings is 1. The minimum absolute atomic E-state index is 0.115. The number of aliphatic carboxylic acids is 1. The number of rotatable bonds is 3. The molecule has 1 aliphatic heterocycles. The summed E-state index contributed by atoms with van der Waals surface area (Å²) in [6.45, 7) is 2.05. The maximum Gasteiger partial charge on any atom is 0.308 e. The minimum atomic E-state index is -0.959. The summed E-state index contributed by atoms with van der Waals surface area (Å²) < 4.78 is 32.7. The lowest BCUT2D eigenvalue weighted by Gasteiger charge is -2.36. The van der Waals surface area contributed by atoms with Crippen molar-refractivity contribution in [2.75, 3.05) is 6.54 Å². The smallest absolute Gasteiger partial charge is 0.308 e. The van der Waals surface area contributed by atoms with Crippen LogP contribution in [0, 0.1) is 17.6 Å². The zero-order chi connectivity index (χ0) is 18.1. The average Bonchev–Trinajstić information content (AvgIpc) is 3.03. The van der Waals surface area contributed by atoms with Crippen molar-refractivity contribution in [2.45, 2.75) is 25.8 Å². The number of likely N-dealkylation sites (tertiary alicyclic amines) is 1. The molecular weight excluding hydrogens is 334 g/mol. The molecule has 0 radical (unpaired) electrons. The van der Waals surface area contributed by atoms with Crippen LogP contribution in [0.4, 0.5) is 8.78 Å². The number of amides is 1. The van der Waals surface area contributed by atoms with Crippen LogP contribution in [0.25, 0.3) is 11.5 Å². The van der Waals surface area contributed by atoms with Crippen LogP contribution in [0.3, 0.4) is 0 Å². The molecule has 1 amide bonds. The maximum atomic E-state index is 13.8. The van der Waals surface area contributed by atoms with E-state index in [4.69, 9.17) is 4.42 Å². The number of oxazole rings is 1. The first kappa shape index (κ1) is 17.1. The third-order valence-corrected chi connectivity index (χ3v) is 4.47. The van der Waals surface area contributed by atoms with Crippen LogP contribution < -0.4 is 0 Å². The fraction of sp³-hybridized carbons (Fsp3) is 0.353. The Kier molecular flexibility index (Phi) is 4.52. The molecule has 3 rings (SSSR count). The Morgan fingerprint density at radius 1 is 1.32 bits per heavy atom. The van der Waals surface area contributed by atoms with E-state index >= 15 is 0 Å². The molecule has 1 aromatic carbocycles. The maximum absolute atomic E-state index is 13.8. The quantitative estimate of drug-likeness (QED) is 0.920. The fourth-order valence-corrected chi connectivity index (χ4v) is 3.10. The van der Waals surface area contributed by atoms with E-state index in [0.29, 0.717) is 19.4 Å². The Morgan fingerprint density at radius 3 is 2.64 bits per heavy atom. The number of halogens is 2. The molecule has 2 aromatic rings. The van der Waals surface area contributed by atoms with Gasteiger partial charge in [0.05, 0.1) is 5.92 Å². The zero-order valence-corrected chi connectivity index (χ0v) is 13.4. The Labute approximate surface area is 142 Å². The molecule has 1 aliphatic rings. The molecule has 0 unspecified atom stereocenters. The van der Waals surface area contributed by atoms with Gasteiger partial charge in [-0.2, -0.15) is 0 Å². The molecule has 8 heteroatoms. The number of carbonyl (C=O) groups is 2. The third kappa shape index (κ3) is 3.11. The van der Waals surface area contributed by atoms with Crippen LogP contribution in [-0.2, 0) is 4.79 Å². The van der Waals surface area contributed by atoms with E-state index in [1.165, 1.54) is 11.0 Å². The lowest BCUT2D eigenvalue weighted by atomic mass is 9.90. The van der Waals surface area contributed by atoms with Gasteiger partial charge < -0.3 is 14.4 Å². The first-order valence-electron chi connectivity index (χ1n) is 7.84. The molecule has 1 N–H and O–H groups in total. The molecule has 0 spiro atoms. The van der Waals surface area contributed by atoms with E-state index in [9.17, 15) is 23.5 Å². The van der Waals surface area contributed by atoms with Gasteiger partial charge in [0.25, 0.3) is 5.91 Å². The monoisotopic (exact) mass is 350 g/mol. The van der Waals surface area contributed by atoms with Crippen molar-refractivity contribution in [1.29, 1.82) is 0 Å². The lowest BCUT2D eigenvalue weighted by Crippen LogP contribution is -2.49. The van der Waals surface area contributed by atoms with E-state index in [0.717, 1.165) is 18.4 Å². The molecule has 1 fully saturated rings. The van der Waals surface area contributed by atoms with Gasteiger partial charge in [-0.25, -0.2) is 13.8 Å². The van der Waals surface area contributed by atoms with Gasteiger partial charge in [0, 0.05) is 12.6 Å². The molecule has 6 nitrogen and oxygen atoms in total. The van der Waals surface area contributed by atoms with Crippen molar-refractivity contribution in [2.24, 2.45) is 5.92 Å². The van der Waals surface area contributed by atoms with Crippen LogP contribution >= 0.6 is 0 Å². The minimum Gasteiger partial charge on any atom is -0.481 e. The highest BCUT2D eigenvalue weighted by Gasteiger charge is 2.36. The van der Waals surface area contributed by atoms with Gasteiger partial charge in [-0.15, -0.1) is 0 Å². The Morgan fingerprint density at radius 2 is 2.00 bits per heavy atom. The Balaban J connectivity index is 1.87. The molecule has 0 aliphatic carbocycles. The largest absolute Gasteiger partial charge is 0.481 e. The van der Waals surface area contributed by atoms with Crippen LogP contribution in [0.5, 0.6) is 0 Å². The normalized spacial score (nSPS) is 20.5. The first-order valence-corrected chi connectivity index (χ1v) is 7.84. The molecule has 0 bridgehead atoms. The number of hydrogen-bond donors (Lipinski definition) is 1. The van der Waals surface area contributed by atoms with Crippen molar-refractivity contribution >= 4 is 11.9 Å². The molecule has 25 heavy (non-hydrogen) atoms. The van der Waals surface area contributed by atoms with Crippen molar-refractivity contribution < 1.29 is 27.9 Å². The summed E-state index contributed by atoms with van der Waals surface area (Å²) in [7, 11) is 0. The fourth-order valence-electron chi connectivity index (χ4n) is 3.10. The molecule has 2 heterocycles. The lowest BCUT2D eigenvalue weighted by molar-refractivity contribution is -0.144.